The average molecular weight is 235 g/mol. The molecule has 1 heterocycles. The van der Waals surface area contributed by atoms with Crippen LogP contribution in [0.25, 0.3) is 0 Å². The molecule has 0 unspecified atom stereocenters. The quantitative estimate of drug-likeness (QED) is 0.708. The van der Waals surface area contributed by atoms with Gasteiger partial charge in [0.25, 0.3) is 5.91 Å². The van der Waals surface area contributed by atoms with Crippen LogP contribution in [0, 0.1) is 0 Å². The number of thiophene rings is 1. The smallest absolute Gasteiger partial charge is 0.261 e. The van der Waals surface area contributed by atoms with E-state index in [9.17, 15) is 4.79 Å². The molecule has 0 fully saturated rings. The second-order valence-electron chi connectivity index (χ2n) is 2.70. The molecule has 1 amide bonds. The highest BCUT2D eigenvalue weighted by Crippen LogP contribution is 2.20. The van der Waals surface area contributed by atoms with Crippen LogP contribution in [0.1, 0.15) is 9.67 Å². The van der Waals surface area contributed by atoms with Crippen LogP contribution in [0.3, 0.4) is 0 Å². The van der Waals surface area contributed by atoms with E-state index in [1.165, 1.54) is 11.3 Å². The molecular weight excluding hydrogens is 224 g/mol. The van der Waals surface area contributed by atoms with Gasteiger partial charge in [-0.1, -0.05) is 11.6 Å². The summed E-state index contributed by atoms with van der Waals surface area (Å²) in [6.07, 6.45) is -0.700. The zero-order chi connectivity index (χ0) is 10.6. The summed E-state index contributed by atoms with van der Waals surface area (Å²) < 4.78 is 0.564. The summed E-state index contributed by atoms with van der Waals surface area (Å²) in [6, 6.07) is 3.29. The van der Waals surface area contributed by atoms with Gasteiger partial charge in [-0.05, 0) is 12.1 Å². The Labute approximate surface area is 90.7 Å². The molecule has 4 N–H and O–H groups in total. The van der Waals surface area contributed by atoms with Crippen LogP contribution in [-0.2, 0) is 0 Å². The van der Waals surface area contributed by atoms with Gasteiger partial charge in [0.2, 0.25) is 0 Å². The van der Waals surface area contributed by atoms with Crippen molar-refractivity contribution < 1.29 is 9.90 Å². The highest BCUT2D eigenvalue weighted by molar-refractivity contribution is 7.17. The van der Waals surface area contributed by atoms with Crippen molar-refractivity contribution in [1.82, 2.24) is 5.32 Å². The van der Waals surface area contributed by atoms with E-state index in [2.05, 4.69) is 5.32 Å². The van der Waals surface area contributed by atoms with E-state index in [1.54, 1.807) is 12.1 Å². The first-order valence-electron chi connectivity index (χ1n) is 4.05. The van der Waals surface area contributed by atoms with Crippen LogP contribution < -0.4 is 11.1 Å². The van der Waals surface area contributed by atoms with Gasteiger partial charge >= 0.3 is 0 Å². The van der Waals surface area contributed by atoms with E-state index >= 15 is 0 Å². The molecule has 0 aromatic carbocycles. The third kappa shape index (κ3) is 3.26. The molecule has 1 aromatic heterocycles. The fourth-order valence-electron chi connectivity index (χ4n) is 0.817. The number of amides is 1. The van der Waals surface area contributed by atoms with Crippen LogP contribution in [0.4, 0.5) is 0 Å². The molecule has 78 valence electrons. The molecule has 14 heavy (non-hydrogen) atoms. The fraction of sp³-hybridized carbons (Fsp3) is 0.375. The summed E-state index contributed by atoms with van der Waals surface area (Å²) in [5, 5.41) is 11.6. The predicted molar refractivity (Wildman–Crippen MR) is 56.7 cm³/mol. The first-order valence-corrected chi connectivity index (χ1v) is 5.24. The highest BCUT2D eigenvalue weighted by atomic mass is 35.5. The molecule has 1 rings (SSSR count). The second-order valence-corrected chi connectivity index (χ2v) is 4.42. The Kier molecular flexibility index (Phi) is 4.34. The van der Waals surface area contributed by atoms with E-state index in [4.69, 9.17) is 22.4 Å². The summed E-state index contributed by atoms with van der Waals surface area (Å²) >= 11 is 6.86. The van der Waals surface area contributed by atoms with Gasteiger partial charge in [-0.3, -0.25) is 4.79 Å². The van der Waals surface area contributed by atoms with E-state index < -0.39 is 6.10 Å². The summed E-state index contributed by atoms with van der Waals surface area (Å²) in [6.45, 7) is 0.288. The van der Waals surface area contributed by atoms with Gasteiger partial charge in [0.15, 0.2) is 0 Å². The standard InChI is InChI=1S/C8H11ClN2O2S/c9-7-2-1-6(14-7)8(13)11-4-5(12)3-10/h1-2,5,12H,3-4,10H2,(H,11,13)/t5-/m1/s1. The summed E-state index contributed by atoms with van der Waals surface area (Å²) in [7, 11) is 0. The van der Waals surface area contributed by atoms with Crippen LogP contribution in [0.5, 0.6) is 0 Å². The van der Waals surface area contributed by atoms with Gasteiger partial charge in [0.1, 0.15) is 0 Å². The van der Waals surface area contributed by atoms with Crippen molar-refractivity contribution in [3.8, 4) is 0 Å². The van der Waals surface area contributed by atoms with Gasteiger partial charge in [0, 0.05) is 13.1 Å². The summed E-state index contributed by atoms with van der Waals surface area (Å²) in [5.74, 6) is -0.241. The van der Waals surface area contributed by atoms with Crippen LogP contribution in [0.2, 0.25) is 4.34 Å². The van der Waals surface area contributed by atoms with Gasteiger partial charge in [-0.15, -0.1) is 11.3 Å². The minimum Gasteiger partial charge on any atom is -0.390 e. The minimum absolute atomic E-state index is 0.130. The lowest BCUT2D eigenvalue weighted by molar-refractivity contribution is 0.0924. The topological polar surface area (TPSA) is 75.3 Å². The van der Waals surface area contributed by atoms with Crippen LogP contribution in [-0.4, -0.2) is 30.2 Å². The molecule has 0 saturated carbocycles. The normalized spacial score (nSPS) is 12.5. The molecule has 0 spiro atoms. The third-order valence-corrected chi connectivity index (χ3v) is 2.80. The SMILES string of the molecule is NC[C@@H](O)CNC(=O)c1ccc(Cl)s1. The number of aliphatic hydroxyl groups is 1. The van der Waals surface area contributed by atoms with Crippen LogP contribution >= 0.6 is 22.9 Å². The first-order chi connectivity index (χ1) is 6.63. The maximum absolute atomic E-state index is 11.4. The number of hydrogen-bond donors (Lipinski definition) is 3. The number of carbonyl (C=O) groups excluding carboxylic acids is 1. The van der Waals surface area contributed by atoms with Crippen molar-refractivity contribution in [1.29, 1.82) is 0 Å². The van der Waals surface area contributed by atoms with Crippen LogP contribution in [0.15, 0.2) is 12.1 Å². The largest absolute Gasteiger partial charge is 0.390 e. The maximum Gasteiger partial charge on any atom is 0.261 e. The first kappa shape index (κ1) is 11.5. The predicted octanol–water partition coefficient (Wildman–Crippen LogP) is 0.451. The summed E-state index contributed by atoms with van der Waals surface area (Å²) in [5.41, 5.74) is 5.18. The number of nitrogens with one attached hydrogen (secondary N) is 1. The highest BCUT2D eigenvalue weighted by Gasteiger charge is 2.09. The van der Waals surface area contributed by atoms with Crippen molar-refractivity contribution >= 4 is 28.8 Å². The molecular formula is C8H11ClN2O2S. The number of carbonyl (C=O) groups is 1. The Morgan fingerprint density at radius 2 is 2.43 bits per heavy atom. The van der Waals surface area contributed by atoms with E-state index in [0.29, 0.717) is 9.21 Å². The molecule has 0 aliphatic rings. The number of aliphatic hydroxyl groups excluding tert-OH is 1. The van der Waals surface area contributed by atoms with Crippen molar-refractivity contribution in [2.75, 3.05) is 13.1 Å². The molecule has 4 nitrogen and oxygen atoms in total. The van der Waals surface area contributed by atoms with Gasteiger partial charge < -0.3 is 16.2 Å². The molecule has 0 radical (unpaired) electrons. The van der Waals surface area contributed by atoms with Crippen molar-refractivity contribution in [3.05, 3.63) is 21.3 Å². The number of nitrogens with two attached hydrogens (primary N) is 1. The zero-order valence-corrected chi connectivity index (χ0v) is 8.94. The molecule has 0 aliphatic heterocycles. The van der Waals surface area contributed by atoms with E-state index in [-0.39, 0.29) is 19.0 Å². The van der Waals surface area contributed by atoms with Crippen molar-refractivity contribution in [3.63, 3.8) is 0 Å². The van der Waals surface area contributed by atoms with Gasteiger partial charge in [0.05, 0.1) is 15.3 Å². The van der Waals surface area contributed by atoms with Gasteiger partial charge in [-0.25, -0.2) is 0 Å². The third-order valence-electron chi connectivity index (χ3n) is 1.57. The van der Waals surface area contributed by atoms with E-state index in [0.717, 1.165) is 0 Å². The molecule has 1 aromatic rings. The average Bonchev–Trinajstić information content (AvgIpc) is 2.60. The molecule has 0 aliphatic carbocycles. The molecule has 1 atom stereocenters. The zero-order valence-electron chi connectivity index (χ0n) is 7.37. The van der Waals surface area contributed by atoms with Crippen molar-refractivity contribution in [2.24, 2.45) is 5.73 Å². The van der Waals surface area contributed by atoms with Gasteiger partial charge in [-0.2, -0.15) is 0 Å². The fourth-order valence-corrected chi connectivity index (χ4v) is 1.78. The number of hydrogen-bond acceptors (Lipinski definition) is 4. The van der Waals surface area contributed by atoms with E-state index in [1.807, 2.05) is 0 Å². The lowest BCUT2D eigenvalue weighted by Crippen LogP contribution is -2.35. The number of halogens is 1. The minimum atomic E-state index is -0.700. The Balaban J connectivity index is 2.43. The monoisotopic (exact) mass is 234 g/mol. The summed E-state index contributed by atoms with van der Waals surface area (Å²) in [4.78, 5) is 11.9. The molecule has 0 saturated heterocycles. The lowest BCUT2D eigenvalue weighted by Gasteiger charge is -2.07. The Morgan fingerprint density at radius 3 is 2.93 bits per heavy atom. The second kappa shape index (κ2) is 5.31. The van der Waals surface area contributed by atoms with Crippen molar-refractivity contribution in [2.45, 2.75) is 6.10 Å². The molecule has 6 heteroatoms. The Morgan fingerprint density at radius 1 is 1.71 bits per heavy atom. The number of rotatable bonds is 4. The Bertz CT molecular complexity index is 316. The molecule has 0 bridgehead atoms. The lowest BCUT2D eigenvalue weighted by atomic mass is 10.3. The maximum atomic E-state index is 11.4. The Hall–Kier alpha value is -0.620.